The van der Waals surface area contributed by atoms with Crippen LogP contribution in [-0.2, 0) is 15.9 Å². The highest BCUT2D eigenvalue weighted by Crippen LogP contribution is 2.40. The molecule has 0 aromatic carbocycles. The van der Waals surface area contributed by atoms with Gasteiger partial charge >= 0.3 is 0 Å². The molecule has 8 heteroatoms. The number of ether oxygens (including phenoxy) is 2. The lowest BCUT2D eigenvalue weighted by Gasteiger charge is -2.34. The molecule has 3 fully saturated rings. The van der Waals surface area contributed by atoms with Crippen LogP contribution in [0.1, 0.15) is 18.4 Å². The Balaban J connectivity index is 1.46. The molecule has 8 nitrogen and oxygen atoms in total. The molecule has 4 aliphatic rings. The molecule has 0 spiro atoms. The van der Waals surface area contributed by atoms with Crippen molar-refractivity contribution in [3.05, 3.63) is 23.9 Å². The lowest BCUT2D eigenvalue weighted by atomic mass is 10.1. The second-order valence-electron chi connectivity index (χ2n) is 8.13. The van der Waals surface area contributed by atoms with Gasteiger partial charge in [0, 0.05) is 43.4 Å². The Hall–Kier alpha value is -2.45. The number of anilines is 3. The van der Waals surface area contributed by atoms with Gasteiger partial charge < -0.3 is 25.0 Å². The minimum atomic E-state index is 0.318. The molecular formula is C20H24N6O2. The smallest absolute Gasteiger partial charge is 0.165 e. The lowest BCUT2D eigenvalue weighted by Crippen LogP contribution is -2.43. The summed E-state index contributed by atoms with van der Waals surface area (Å²) in [7, 11) is 0. The SMILES string of the molecule is Nc1ccc(-c2nc(N3CC4CCC(C3)O4)c3c(n2)N2CCOC[C@H]2C3)cn1. The van der Waals surface area contributed by atoms with Gasteiger partial charge in [-0.15, -0.1) is 0 Å². The highest BCUT2D eigenvalue weighted by atomic mass is 16.5. The third-order valence-corrected chi connectivity index (χ3v) is 6.29. The van der Waals surface area contributed by atoms with Crippen LogP contribution in [0, 0.1) is 0 Å². The molecule has 2 aromatic heterocycles. The molecule has 28 heavy (non-hydrogen) atoms. The number of aromatic nitrogens is 3. The standard InChI is InChI=1S/C20H24N6O2/c21-17-4-1-12(8-22-17)18-23-19(25-9-14-2-3-15(10-25)28-14)16-7-13-11-27-6-5-26(13)20(16)24-18/h1,4,8,13-15H,2-3,5-7,9-11H2,(H2,21,22)/t13-,14?,15?/m1/s1. The average Bonchev–Trinajstić information content (AvgIpc) is 3.27. The van der Waals surface area contributed by atoms with E-state index in [-0.39, 0.29) is 0 Å². The lowest BCUT2D eigenvalue weighted by molar-refractivity contribution is 0.0301. The Bertz CT molecular complexity index is 892. The first kappa shape index (κ1) is 16.5. The van der Waals surface area contributed by atoms with Gasteiger partial charge in [-0.1, -0.05) is 0 Å². The number of rotatable bonds is 2. The van der Waals surface area contributed by atoms with Crippen LogP contribution in [0.5, 0.6) is 0 Å². The molecule has 0 radical (unpaired) electrons. The third-order valence-electron chi connectivity index (χ3n) is 6.29. The maximum atomic E-state index is 6.05. The topological polar surface area (TPSA) is 89.6 Å². The zero-order valence-corrected chi connectivity index (χ0v) is 15.8. The number of hydrogen-bond acceptors (Lipinski definition) is 8. The average molecular weight is 380 g/mol. The highest BCUT2D eigenvalue weighted by Gasteiger charge is 2.40. The fourth-order valence-corrected chi connectivity index (χ4v) is 4.94. The van der Waals surface area contributed by atoms with E-state index in [4.69, 9.17) is 25.2 Å². The summed E-state index contributed by atoms with van der Waals surface area (Å²) in [6.07, 6.45) is 5.63. The molecule has 2 aromatic rings. The fourth-order valence-electron chi connectivity index (χ4n) is 4.94. The minimum Gasteiger partial charge on any atom is -0.384 e. The van der Waals surface area contributed by atoms with E-state index >= 15 is 0 Å². The second-order valence-corrected chi connectivity index (χ2v) is 8.13. The van der Waals surface area contributed by atoms with Crippen LogP contribution in [0.2, 0.25) is 0 Å². The quantitative estimate of drug-likeness (QED) is 0.833. The number of nitrogens with zero attached hydrogens (tertiary/aromatic N) is 5. The van der Waals surface area contributed by atoms with Gasteiger partial charge in [0.1, 0.15) is 17.5 Å². The van der Waals surface area contributed by atoms with Crippen molar-refractivity contribution in [2.24, 2.45) is 0 Å². The minimum absolute atomic E-state index is 0.318. The molecule has 3 saturated heterocycles. The number of hydrogen-bond donors (Lipinski definition) is 1. The van der Waals surface area contributed by atoms with E-state index in [9.17, 15) is 0 Å². The third kappa shape index (κ3) is 2.62. The molecule has 6 heterocycles. The molecule has 0 saturated carbocycles. The van der Waals surface area contributed by atoms with E-state index in [1.807, 2.05) is 6.07 Å². The van der Waals surface area contributed by atoms with Gasteiger partial charge in [-0.05, 0) is 25.0 Å². The van der Waals surface area contributed by atoms with E-state index < -0.39 is 0 Å². The predicted octanol–water partition coefficient (Wildman–Crippen LogP) is 1.25. The zero-order chi connectivity index (χ0) is 18.7. The van der Waals surface area contributed by atoms with Crippen molar-refractivity contribution in [2.75, 3.05) is 48.4 Å². The van der Waals surface area contributed by atoms with Gasteiger partial charge in [-0.2, -0.15) is 0 Å². The van der Waals surface area contributed by atoms with Gasteiger partial charge in [0.2, 0.25) is 0 Å². The van der Waals surface area contributed by atoms with Crippen molar-refractivity contribution in [3.63, 3.8) is 0 Å². The first-order valence-corrected chi connectivity index (χ1v) is 10.1. The number of nitrogen functional groups attached to an aromatic ring is 1. The molecule has 146 valence electrons. The van der Waals surface area contributed by atoms with Gasteiger partial charge in [0.15, 0.2) is 5.82 Å². The maximum absolute atomic E-state index is 6.05. The van der Waals surface area contributed by atoms with Crippen molar-refractivity contribution < 1.29 is 9.47 Å². The van der Waals surface area contributed by atoms with Crippen molar-refractivity contribution in [2.45, 2.75) is 37.5 Å². The molecular weight excluding hydrogens is 356 g/mol. The Labute approximate surface area is 163 Å². The summed E-state index contributed by atoms with van der Waals surface area (Å²) < 4.78 is 11.8. The monoisotopic (exact) mass is 380 g/mol. The predicted molar refractivity (Wildman–Crippen MR) is 105 cm³/mol. The first-order valence-electron chi connectivity index (χ1n) is 10.1. The Morgan fingerprint density at radius 3 is 2.68 bits per heavy atom. The molecule has 6 rings (SSSR count). The number of nitrogens with two attached hydrogens (primary N) is 1. The molecule has 4 aliphatic heterocycles. The summed E-state index contributed by atoms with van der Waals surface area (Å²) in [5, 5.41) is 0. The molecule has 0 amide bonds. The molecule has 2 unspecified atom stereocenters. The molecule has 3 atom stereocenters. The van der Waals surface area contributed by atoms with E-state index in [1.54, 1.807) is 12.3 Å². The van der Waals surface area contributed by atoms with Crippen LogP contribution in [0.15, 0.2) is 18.3 Å². The Morgan fingerprint density at radius 1 is 1.07 bits per heavy atom. The van der Waals surface area contributed by atoms with E-state index in [0.29, 0.717) is 29.9 Å². The van der Waals surface area contributed by atoms with Crippen molar-refractivity contribution in [1.29, 1.82) is 0 Å². The highest BCUT2D eigenvalue weighted by molar-refractivity contribution is 5.70. The molecule has 2 bridgehead atoms. The van der Waals surface area contributed by atoms with Crippen LogP contribution >= 0.6 is 0 Å². The second kappa shape index (κ2) is 6.28. The number of morpholine rings is 2. The molecule has 0 aliphatic carbocycles. The van der Waals surface area contributed by atoms with Gasteiger partial charge in [0.25, 0.3) is 0 Å². The summed E-state index contributed by atoms with van der Waals surface area (Å²) in [4.78, 5) is 19.1. The van der Waals surface area contributed by atoms with Crippen LogP contribution in [0.4, 0.5) is 17.5 Å². The van der Waals surface area contributed by atoms with Crippen molar-refractivity contribution >= 4 is 17.5 Å². The van der Waals surface area contributed by atoms with E-state index in [0.717, 1.165) is 69.3 Å². The first-order chi connectivity index (χ1) is 13.7. The largest absolute Gasteiger partial charge is 0.384 e. The normalized spacial score (nSPS) is 28.4. The number of pyridine rings is 1. The van der Waals surface area contributed by atoms with Gasteiger partial charge in [-0.25, -0.2) is 15.0 Å². The maximum Gasteiger partial charge on any atom is 0.165 e. The molecule has 2 N–H and O–H groups in total. The van der Waals surface area contributed by atoms with Crippen LogP contribution < -0.4 is 15.5 Å². The summed E-state index contributed by atoms with van der Waals surface area (Å²) in [5.41, 5.74) is 7.92. The van der Waals surface area contributed by atoms with Crippen LogP contribution in [0.25, 0.3) is 11.4 Å². The van der Waals surface area contributed by atoms with Gasteiger partial charge in [-0.3, -0.25) is 0 Å². The van der Waals surface area contributed by atoms with Crippen molar-refractivity contribution in [3.8, 4) is 11.4 Å². The zero-order valence-electron chi connectivity index (χ0n) is 15.8. The number of fused-ring (bicyclic) bond motifs is 5. The van der Waals surface area contributed by atoms with E-state index in [1.165, 1.54) is 5.56 Å². The van der Waals surface area contributed by atoms with E-state index in [2.05, 4.69) is 14.8 Å². The fraction of sp³-hybridized carbons (Fsp3) is 0.550. The Kier molecular flexibility index (Phi) is 3.70. The summed E-state index contributed by atoms with van der Waals surface area (Å²) in [5.74, 6) is 3.34. The summed E-state index contributed by atoms with van der Waals surface area (Å²) in [6.45, 7) is 4.18. The summed E-state index contributed by atoms with van der Waals surface area (Å²) >= 11 is 0. The van der Waals surface area contributed by atoms with Gasteiger partial charge in [0.05, 0.1) is 31.5 Å². The summed E-state index contributed by atoms with van der Waals surface area (Å²) in [6, 6.07) is 4.11. The van der Waals surface area contributed by atoms with Crippen LogP contribution in [-0.4, -0.2) is 66.0 Å². The van der Waals surface area contributed by atoms with Crippen LogP contribution in [0.3, 0.4) is 0 Å². The van der Waals surface area contributed by atoms with Crippen molar-refractivity contribution in [1.82, 2.24) is 15.0 Å². The Morgan fingerprint density at radius 2 is 1.89 bits per heavy atom.